The normalized spacial score (nSPS) is 11.9. The van der Waals surface area contributed by atoms with E-state index in [4.69, 9.17) is 16.6 Å². The lowest BCUT2D eigenvalue weighted by atomic mass is 10.1. The van der Waals surface area contributed by atoms with Crippen LogP contribution in [-0.4, -0.2) is 25.1 Å². The zero-order chi connectivity index (χ0) is 19.2. The lowest BCUT2D eigenvalue weighted by Gasteiger charge is -2.22. The molecule has 4 rings (SSSR count). The Morgan fingerprint density at radius 3 is 2.22 bits per heavy atom. The fourth-order valence-electron chi connectivity index (χ4n) is 2.84. The maximum Gasteiger partial charge on any atom is 0.253 e. The third-order valence-corrected chi connectivity index (χ3v) is 4.80. The van der Waals surface area contributed by atoms with Crippen LogP contribution in [-0.2, 0) is 0 Å². The average Bonchev–Trinajstić information content (AvgIpc) is 3.15. The fourth-order valence-corrected chi connectivity index (χ4v) is 3.23. The van der Waals surface area contributed by atoms with E-state index in [2.05, 4.69) is 52.1 Å². The number of halogens is 2. The Morgan fingerprint density at radius 2 is 1.59 bits per heavy atom. The molecule has 0 radical (unpaired) electrons. The molecule has 0 saturated carbocycles. The number of hydrogen-bond donors (Lipinski definition) is 2. The maximum atomic E-state index is 6.04. The monoisotopic (exact) mass is 443 g/mol. The van der Waals surface area contributed by atoms with Gasteiger partial charge in [0.2, 0.25) is 0 Å². The van der Waals surface area contributed by atoms with Crippen molar-refractivity contribution in [3.05, 3.63) is 58.0 Å². The molecule has 27 heavy (non-hydrogen) atoms. The van der Waals surface area contributed by atoms with Gasteiger partial charge in [0.1, 0.15) is 5.69 Å². The average molecular weight is 445 g/mol. The fraction of sp³-hybridized carbons (Fsp3) is 0.200. The van der Waals surface area contributed by atoms with E-state index in [9.17, 15) is 0 Å². The van der Waals surface area contributed by atoms with Gasteiger partial charge in [-0.05, 0) is 45.0 Å². The van der Waals surface area contributed by atoms with E-state index in [1.165, 1.54) is 0 Å². The number of fused-ring (bicyclic) bond motifs is 1. The molecule has 0 aliphatic rings. The molecule has 2 heterocycles. The van der Waals surface area contributed by atoms with Crippen LogP contribution in [0, 0.1) is 0 Å². The Hall–Kier alpha value is -2.31. The number of imidazole rings is 1. The molecular formula is C20H19BrClN5. The highest BCUT2D eigenvalue weighted by Gasteiger charge is 2.22. The summed E-state index contributed by atoms with van der Waals surface area (Å²) in [6.07, 6.45) is 0. The second-order valence-electron chi connectivity index (χ2n) is 7.41. The Labute approximate surface area is 170 Å². The second-order valence-corrected chi connectivity index (χ2v) is 8.76. The Kier molecular flexibility index (Phi) is 4.48. The van der Waals surface area contributed by atoms with Crippen LogP contribution in [0.1, 0.15) is 20.8 Å². The zero-order valence-corrected chi connectivity index (χ0v) is 17.6. The molecular weight excluding hydrogens is 426 g/mol. The molecule has 138 valence electrons. The molecule has 0 aliphatic heterocycles. The molecule has 7 heteroatoms. The highest BCUT2D eigenvalue weighted by Crippen LogP contribution is 2.32. The van der Waals surface area contributed by atoms with Gasteiger partial charge < -0.3 is 5.32 Å². The zero-order valence-electron chi connectivity index (χ0n) is 15.2. The molecule has 0 aliphatic carbocycles. The number of anilines is 1. The first kappa shape index (κ1) is 18.1. The highest BCUT2D eigenvalue weighted by molar-refractivity contribution is 9.10. The minimum atomic E-state index is -0.139. The number of nitrogens with zero attached hydrogens (tertiary/aromatic N) is 3. The molecule has 2 N–H and O–H groups in total. The van der Waals surface area contributed by atoms with Gasteiger partial charge in [-0.3, -0.25) is 5.10 Å². The summed E-state index contributed by atoms with van der Waals surface area (Å²) >= 11 is 9.50. The van der Waals surface area contributed by atoms with Crippen LogP contribution in [0.5, 0.6) is 0 Å². The van der Waals surface area contributed by atoms with E-state index in [-0.39, 0.29) is 5.54 Å². The van der Waals surface area contributed by atoms with Crippen LogP contribution in [0.25, 0.3) is 28.4 Å². The van der Waals surface area contributed by atoms with Gasteiger partial charge in [0.05, 0.1) is 0 Å². The van der Waals surface area contributed by atoms with Crippen LogP contribution >= 0.6 is 27.5 Å². The molecule has 0 fully saturated rings. The smallest absolute Gasteiger partial charge is 0.253 e. The van der Waals surface area contributed by atoms with E-state index in [0.29, 0.717) is 10.8 Å². The number of rotatable bonds is 3. The molecule has 0 atom stereocenters. The molecule has 2 aromatic heterocycles. The highest BCUT2D eigenvalue weighted by atomic mass is 79.9. The SMILES string of the molecule is CC(C)(C)Nc1c(-c2ccc(Cl)cc2)nc2nc(-c3ccc(Br)cc3)[nH]n12. The van der Waals surface area contributed by atoms with Crippen molar-refractivity contribution in [1.82, 2.24) is 19.6 Å². The summed E-state index contributed by atoms with van der Waals surface area (Å²) in [4.78, 5) is 9.45. The molecule has 2 aromatic carbocycles. The van der Waals surface area contributed by atoms with E-state index in [0.717, 1.165) is 32.9 Å². The summed E-state index contributed by atoms with van der Waals surface area (Å²) < 4.78 is 2.93. The number of aromatic nitrogens is 4. The quantitative estimate of drug-likeness (QED) is 0.406. The first-order valence-corrected chi connectivity index (χ1v) is 9.76. The van der Waals surface area contributed by atoms with Crippen molar-refractivity contribution in [3.63, 3.8) is 0 Å². The third kappa shape index (κ3) is 3.73. The van der Waals surface area contributed by atoms with Crippen LogP contribution in [0.2, 0.25) is 5.02 Å². The minimum Gasteiger partial charge on any atom is -0.364 e. The first-order chi connectivity index (χ1) is 12.8. The van der Waals surface area contributed by atoms with Gasteiger partial charge >= 0.3 is 0 Å². The summed E-state index contributed by atoms with van der Waals surface area (Å²) in [5.74, 6) is 2.25. The van der Waals surface area contributed by atoms with Crippen LogP contribution < -0.4 is 5.32 Å². The Bertz CT molecular complexity index is 1090. The van der Waals surface area contributed by atoms with Gasteiger partial charge in [-0.25, -0.2) is 9.50 Å². The van der Waals surface area contributed by atoms with Crippen LogP contribution in [0.3, 0.4) is 0 Å². The summed E-state index contributed by atoms with van der Waals surface area (Å²) in [7, 11) is 0. The van der Waals surface area contributed by atoms with Gasteiger partial charge in [0.15, 0.2) is 11.6 Å². The number of H-pyrrole nitrogens is 1. The summed E-state index contributed by atoms with van der Waals surface area (Å²) in [6, 6.07) is 15.7. The number of hydrogen-bond acceptors (Lipinski definition) is 3. The largest absolute Gasteiger partial charge is 0.364 e. The van der Waals surface area contributed by atoms with E-state index < -0.39 is 0 Å². The van der Waals surface area contributed by atoms with Gasteiger partial charge in [-0.2, -0.15) is 4.98 Å². The molecule has 0 saturated heterocycles. The van der Waals surface area contributed by atoms with Gasteiger partial charge in [0, 0.05) is 26.2 Å². The molecule has 5 nitrogen and oxygen atoms in total. The Morgan fingerprint density at radius 1 is 0.963 bits per heavy atom. The first-order valence-electron chi connectivity index (χ1n) is 8.59. The Balaban J connectivity index is 1.86. The summed E-state index contributed by atoms with van der Waals surface area (Å²) in [5, 5.41) is 7.61. The molecule has 4 aromatic rings. The lowest BCUT2D eigenvalue weighted by molar-refractivity contribution is 0.627. The predicted molar refractivity (Wildman–Crippen MR) is 114 cm³/mol. The van der Waals surface area contributed by atoms with Crippen molar-refractivity contribution in [1.29, 1.82) is 0 Å². The van der Waals surface area contributed by atoms with Crippen LogP contribution in [0.15, 0.2) is 53.0 Å². The number of benzene rings is 2. The summed E-state index contributed by atoms with van der Waals surface area (Å²) in [5.41, 5.74) is 2.68. The van der Waals surface area contributed by atoms with Gasteiger partial charge in [-0.1, -0.05) is 51.8 Å². The van der Waals surface area contributed by atoms with Crippen molar-refractivity contribution in [2.45, 2.75) is 26.3 Å². The second kappa shape index (κ2) is 6.69. The third-order valence-electron chi connectivity index (χ3n) is 4.02. The van der Waals surface area contributed by atoms with Gasteiger partial charge in [-0.15, -0.1) is 0 Å². The van der Waals surface area contributed by atoms with E-state index in [1.807, 2.05) is 53.0 Å². The van der Waals surface area contributed by atoms with Crippen LogP contribution in [0.4, 0.5) is 5.82 Å². The lowest BCUT2D eigenvalue weighted by Crippen LogP contribution is -2.27. The van der Waals surface area contributed by atoms with Crippen molar-refractivity contribution in [2.24, 2.45) is 0 Å². The number of aromatic amines is 1. The number of nitrogens with one attached hydrogen (secondary N) is 2. The van der Waals surface area contributed by atoms with Gasteiger partial charge in [0.25, 0.3) is 5.78 Å². The van der Waals surface area contributed by atoms with Crippen molar-refractivity contribution < 1.29 is 0 Å². The standard InChI is InChI=1S/C20H19BrClN5/c1-20(2,3)25-18-16(12-6-10-15(22)11-7-12)23-19-24-17(26-27(18)19)13-4-8-14(21)9-5-13/h4-11,25H,1-3H3,(H,23,24,26). The maximum absolute atomic E-state index is 6.04. The van der Waals surface area contributed by atoms with E-state index in [1.54, 1.807) is 0 Å². The molecule has 0 amide bonds. The van der Waals surface area contributed by atoms with Crippen molar-refractivity contribution in [2.75, 3.05) is 5.32 Å². The minimum absolute atomic E-state index is 0.139. The molecule has 0 bridgehead atoms. The van der Waals surface area contributed by atoms with Crippen molar-refractivity contribution in [3.8, 4) is 22.6 Å². The molecule has 0 spiro atoms. The summed E-state index contributed by atoms with van der Waals surface area (Å²) in [6.45, 7) is 6.35. The van der Waals surface area contributed by atoms with Crippen molar-refractivity contribution >= 4 is 39.1 Å². The predicted octanol–water partition coefficient (Wildman–Crippen LogP) is 6.02. The molecule has 0 unspecified atom stereocenters. The topological polar surface area (TPSA) is 58.0 Å². The van der Waals surface area contributed by atoms with E-state index >= 15 is 0 Å².